The highest BCUT2D eigenvalue weighted by Crippen LogP contribution is 2.17. The maximum Gasteiger partial charge on any atom is 0.242 e. The zero-order valence-electron chi connectivity index (χ0n) is 17.3. The molecule has 2 amide bonds. The van der Waals surface area contributed by atoms with E-state index in [0.29, 0.717) is 6.54 Å². The first kappa shape index (κ1) is 22.9. The normalized spacial score (nSPS) is 11.7. The fourth-order valence-electron chi connectivity index (χ4n) is 2.91. The van der Waals surface area contributed by atoms with Gasteiger partial charge in [-0.15, -0.1) is 11.8 Å². The van der Waals surface area contributed by atoms with Gasteiger partial charge in [0.1, 0.15) is 11.9 Å². The van der Waals surface area contributed by atoms with Crippen LogP contribution in [0.4, 0.5) is 4.39 Å². The Bertz CT molecular complexity index is 811. The zero-order chi connectivity index (χ0) is 21.2. The Morgan fingerprint density at radius 3 is 2.52 bits per heavy atom. The number of amides is 2. The van der Waals surface area contributed by atoms with Crippen molar-refractivity contribution in [2.45, 2.75) is 45.5 Å². The van der Waals surface area contributed by atoms with Crippen LogP contribution in [-0.4, -0.2) is 35.1 Å². The smallest absolute Gasteiger partial charge is 0.242 e. The van der Waals surface area contributed by atoms with E-state index in [2.05, 4.69) is 11.4 Å². The molecule has 0 saturated carbocycles. The lowest BCUT2D eigenvalue weighted by Gasteiger charge is -2.28. The number of nitrogens with zero attached hydrogens (tertiary/aromatic N) is 1. The van der Waals surface area contributed by atoms with Crippen molar-refractivity contribution in [2.24, 2.45) is 0 Å². The van der Waals surface area contributed by atoms with Gasteiger partial charge in [-0.1, -0.05) is 48.9 Å². The van der Waals surface area contributed by atoms with Crippen molar-refractivity contribution >= 4 is 23.6 Å². The lowest BCUT2D eigenvalue weighted by molar-refractivity contribution is -0.138. The summed E-state index contributed by atoms with van der Waals surface area (Å²) in [5, 5.41) is 2.85. The molecule has 0 unspecified atom stereocenters. The van der Waals surface area contributed by atoms with Gasteiger partial charge in [0.2, 0.25) is 11.8 Å². The minimum atomic E-state index is -0.598. The third kappa shape index (κ3) is 7.54. The van der Waals surface area contributed by atoms with Gasteiger partial charge in [-0.3, -0.25) is 9.59 Å². The number of carbonyl (C=O) groups excluding carboxylic acids is 2. The summed E-state index contributed by atoms with van der Waals surface area (Å²) < 4.78 is 13.2. The van der Waals surface area contributed by atoms with Crippen LogP contribution in [0.1, 0.15) is 37.0 Å². The number of halogens is 1. The molecule has 0 radical (unpaired) electrons. The second-order valence-electron chi connectivity index (χ2n) is 7.10. The van der Waals surface area contributed by atoms with Crippen LogP contribution in [-0.2, 0) is 21.9 Å². The van der Waals surface area contributed by atoms with E-state index < -0.39 is 6.04 Å². The number of nitrogens with one attached hydrogen (secondary N) is 1. The highest BCUT2D eigenvalue weighted by Gasteiger charge is 2.25. The van der Waals surface area contributed by atoms with E-state index in [1.54, 1.807) is 24.0 Å². The van der Waals surface area contributed by atoms with Gasteiger partial charge in [-0.25, -0.2) is 4.39 Å². The summed E-state index contributed by atoms with van der Waals surface area (Å²) >= 11 is 1.53. The third-order valence-electron chi connectivity index (χ3n) is 4.56. The molecule has 0 heterocycles. The molecule has 0 saturated heterocycles. The first-order chi connectivity index (χ1) is 13.9. The van der Waals surface area contributed by atoms with E-state index in [1.165, 1.54) is 35.0 Å². The number of hydrogen-bond donors (Lipinski definition) is 1. The topological polar surface area (TPSA) is 49.4 Å². The van der Waals surface area contributed by atoms with E-state index in [4.69, 9.17) is 0 Å². The standard InChI is InChI=1S/C23H29FN2O2S/c1-4-12-25-23(28)18(3)26(14-19-8-10-21(24)11-9-19)22(27)16-29-15-20-7-5-6-17(2)13-20/h5-11,13,18H,4,12,14-16H2,1-3H3,(H,25,28)/t18-/m0/s1. The molecule has 0 aromatic heterocycles. The Morgan fingerprint density at radius 1 is 1.14 bits per heavy atom. The van der Waals surface area contributed by atoms with Gasteiger partial charge in [-0.2, -0.15) is 0 Å². The monoisotopic (exact) mass is 416 g/mol. The van der Waals surface area contributed by atoms with Crippen molar-refractivity contribution in [3.05, 3.63) is 71.0 Å². The van der Waals surface area contributed by atoms with E-state index in [9.17, 15) is 14.0 Å². The summed E-state index contributed by atoms with van der Waals surface area (Å²) in [6, 6.07) is 13.6. The molecule has 1 atom stereocenters. The highest BCUT2D eigenvalue weighted by atomic mass is 32.2. The maximum absolute atomic E-state index is 13.2. The lowest BCUT2D eigenvalue weighted by atomic mass is 10.1. The van der Waals surface area contributed by atoms with Crippen molar-refractivity contribution in [1.82, 2.24) is 10.2 Å². The largest absolute Gasteiger partial charge is 0.354 e. The van der Waals surface area contributed by atoms with Crippen LogP contribution in [0.25, 0.3) is 0 Å². The molecule has 0 fully saturated rings. The Hall–Kier alpha value is -2.34. The number of benzene rings is 2. The first-order valence-corrected chi connectivity index (χ1v) is 11.0. The van der Waals surface area contributed by atoms with Gasteiger partial charge >= 0.3 is 0 Å². The van der Waals surface area contributed by atoms with Crippen molar-refractivity contribution in [3.8, 4) is 0 Å². The summed E-state index contributed by atoms with van der Waals surface area (Å²) in [5.41, 5.74) is 3.15. The maximum atomic E-state index is 13.2. The zero-order valence-corrected chi connectivity index (χ0v) is 18.1. The molecule has 0 aliphatic heterocycles. The summed E-state index contributed by atoms with van der Waals surface area (Å²) in [7, 11) is 0. The first-order valence-electron chi connectivity index (χ1n) is 9.85. The van der Waals surface area contributed by atoms with Crippen LogP contribution in [0.2, 0.25) is 0 Å². The molecule has 2 rings (SSSR count). The van der Waals surface area contributed by atoms with Crippen molar-refractivity contribution in [2.75, 3.05) is 12.3 Å². The fraction of sp³-hybridized carbons (Fsp3) is 0.391. The Kier molecular flexibility index (Phi) is 9.19. The van der Waals surface area contributed by atoms with Crippen LogP contribution in [0.5, 0.6) is 0 Å². The average Bonchev–Trinajstić information content (AvgIpc) is 2.71. The van der Waals surface area contributed by atoms with E-state index >= 15 is 0 Å². The Labute approximate surface area is 176 Å². The van der Waals surface area contributed by atoms with Crippen LogP contribution >= 0.6 is 11.8 Å². The quantitative estimate of drug-likeness (QED) is 0.628. The number of rotatable bonds is 10. The molecular weight excluding hydrogens is 387 g/mol. The second kappa shape index (κ2) is 11.6. The van der Waals surface area contributed by atoms with Gasteiger partial charge in [0.15, 0.2) is 0 Å². The van der Waals surface area contributed by atoms with E-state index in [1.807, 2.05) is 32.0 Å². The molecule has 0 spiro atoms. The predicted molar refractivity (Wildman–Crippen MR) is 117 cm³/mol. The molecule has 0 aliphatic rings. The van der Waals surface area contributed by atoms with E-state index in [0.717, 1.165) is 17.7 Å². The minimum Gasteiger partial charge on any atom is -0.354 e. The average molecular weight is 417 g/mol. The molecule has 156 valence electrons. The summed E-state index contributed by atoms with van der Waals surface area (Å²) in [6.07, 6.45) is 0.830. The molecule has 1 N–H and O–H groups in total. The summed E-state index contributed by atoms with van der Waals surface area (Å²) in [6.45, 7) is 6.60. The Morgan fingerprint density at radius 2 is 1.86 bits per heavy atom. The van der Waals surface area contributed by atoms with Crippen LogP contribution in [0.3, 0.4) is 0 Å². The summed E-state index contributed by atoms with van der Waals surface area (Å²) in [5.74, 6) is 0.403. The molecule has 0 bridgehead atoms. The van der Waals surface area contributed by atoms with Crippen molar-refractivity contribution in [3.63, 3.8) is 0 Å². The second-order valence-corrected chi connectivity index (χ2v) is 8.08. The summed E-state index contributed by atoms with van der Waals surface area (Å²) in [4.78, 5) is 27.0. The molecule has 29 heavy (non-hydrogen) atoms. The van der Waals surface area contributed by atoms with Gasteiger partial charge in [0.05, 0.1) is 5.75 Å². The van der Waals surface area contributed by atoms with Gasteiger partial charge < -0.3 is 10.2 Å². The van der Waals surface area contributed by atoms with Crippen molar-refractivity contribution < 1.29 is 14.0 Å². The van der Waals surface area contributed by atoms with E-state index in [-0.39, 0.29) is 29.9 Å². The predicted octanol–water partition coefficient (Wildman–Crippen LogP) is 4.31. The molecule has 4 nitrogen and oxygen atoms in total. The van der Waals surface area contributed by atoms with Gasteiger partial charge in [0, 0.05) is 18.8 Å². The minimum absolute atomic E-state index is 0.105. The molecule has 2 aromatic rings. The van der Waals surface area contributed by atoms with Gasteiger partial charge in [0.25, 0.3) is 0 Å². The van der Waals surface area contributed by atoms with Gasteiger partial charge in [-0.05, 0) is 43.5 Å². The SMILES string of the molecule is CCCNC(=O)[C@H](C)N(Cc1ccc(F)cc1)C(=O)CSCc1cccc(C)c1. The Balaban J connectivity index is 2.04. The molecule has 2 aromatic carbocycles. The number of aryl methyl sites for hydroxylation is 1. The number of thioether (sulfide) groups is 1. The van der Waals surface area contributed by atoms with Crippen LogP contribution in [0.15, 0.2) is 48.5 Å². The third-order valence-corrected chi connectivity index (χ3v) is 5.55. The van der Waals surface area contributed by atoms with Crippen molar-refractivity contribution in [1.29, 1.82) is 0 Å². The molecule has 0 aliphatic carbocycles. The van der Waals surface area contributed by atoms with Crippen LogP contribution < -0.4 is 5.32 Å². The fourth-order valence-corrected chi connectivity index (χ4v) is 3.76. The lowest BCUT2D eigenvalue weighted by Crippen LogP contribution is -2.48. The highest BCUT2D eigenvalue weighted by molar-refractivity contribution is 7.99. The molecular formula is C23H29FN2O2S. The number of carbonyl (C=O) groups is 2. The van der Waals surface area contributed by atoms with Crippen LogP contribution in [0, 0.1) is 12.7 Å². The molecule has 6 heteroatoms. The number of hydrogen-bond acceptors (Lipinski definition) is 3.